The van der Waals surface area contributed by atoms with Crippen molar-refractivity contribution >= 4 is 21.8 Å². The summed E-state index contributed by atoms with van der Waals surface area (Å²) < 4.78 is 11.0. The maximum Gasteiger partial charge on any atom is 0.251 e. The summed E-state index contributed by atoms with van der Waals surface area (Å²) in [5, 5.41) is 2.72. The molecule has 1 amide bonds. The van der Waals surface area contributed by atoms with Crippen molar-refractivity contribution in [2.24, 2.45) is 0 Å². The molecule has 0 bridgehead atoms. The Morgan fingerprint density at radius 1 is 1.31 bits per heavy atom. The smallest absolute Gasteiger partial charge is 0.251 e. The van der Waals surface area contributed by atoms with Crippen molar-refractivity contribution in [3.8, 4) is 11.5 Å². The molecule has 1 aromatic carbocycles. The minimum absolute atomic E-state index is 0.147. The van der Waals surface area contributed by atoms with Gasteiger partial charge in [0.2, 0.25) is 0 Å². The lowest BCUT2D eigenvalue weighted by Gasteiger charge is -2.11. The first-order valence-corrected chi connectivity index (χ1v) is 5.63. The average Bonchev–Trinajstić information content (AvgIpc) is 2.29. The van der Waals surface area contributed by atoms with Crippen molar-refractivity contribution in [3.63, 3.8) is 0 Å². The van der Waals surface area contributed by atoms with Gasteiger partial charge >= 0.3 is 0 Å². The van der Waals surface area contributed by atoms with Crippen molar-refractivity contribution in [2.75, 3.05) is 20.8 Å². The van der Waals surface area contributed by atoms with Crippen LogP contribution in [-0.4, -0.2) is 26.7 Å². The van der Waals surface area contributed by atoms with Crippen LogP contribution in [0.15, 0.2) is 16.6 Å². The van der Waals surface area contributed by atoms with Gasteiger partial charge in [-0.2, -0.15) is 0 Å². The number of hydrogen-bond acceptors (Lipinski definition) is 3. The van der Waals surface area contributed by atoms with Crippen molar-refractivity contribution < 1.29 is 14.3 Å². The highest BCUT2D eigenvalue weighted by Gasteiger charge is 2.13. The maximum atomic E-state index is 11.7. The van der Waals surface area contributed by atoms with Gasteiger partial charge in [-0.05, 0) is 35.0 Å². The largest absolute Gasteiger partial charge is 0.495 e. The molecule has 1 aromatic rings. The lowest BCUT2D eigenvalue weighted by molar-refractivity contribution is 0.0955. The third kappa shape index (κ3) is 2.66. The van der Waals surface area contributed by atoms with E-state index in [4.69, 9.17) is 9.47 Å². The number of carbonyl (C=O) groups is 1. The molecule has 0 spiro atoms. The third-order valence-corrected chi connectivity index (χ3v) is 2.83. The molecule has 1 N–H and O–H groups in total. The van der Waals surface area contributed by atoms with Gasteiger partial charge in [-0.1, -0.05) is 0 Å². The fourth-order valence-electron chi connectivity index (χ4n) is 1.26. The number of amides is 1. The second-order valence-electron chi connectivity index (χ2n) is 3.05. The van der Waals surface area contributed by atoms with E-state index in [0.29, 0.717) is 28.1 Å². The number of rotatable bonds is 4. The van der Waals surface area contributed by atoms with Crippen molar-refractivity contribution in [1.82, 2.24) is 5.32 Å². The Kier molecular flexibility index (Phi) is 4.61. The van der Waals surface area contributed by atoms with Crippen molar-refractivity contribution in [2.45, 2.75) is 6.92 Å². The standard InChI is InChI=1S/C11H14BrNO3/c1-4-13-11(14)7-5-8(15-2)10(12)9(6-7)16-3/h5-6H,4H2,1-3H3,(H,13,14). The van der Waals surface area contributed by atoms with Gasteiger partial charge in [-0.15, -0.1) is 0 Å². The summed E-state index contributed by atoms with van der Waals surface area (Å²) >= 11 is 3.34. The van der Waals surface area contributed by atoms with Crippen molar-refractivity contribution in [3.05, 3.63) is 22.2 Å². The topological polar surface area (TPSA) is 47.6 Å². The van der Waals surface area contributed by atoms with Crippen LogP contribution in [0.25, 0.3) is 0 Å². The second kappa shape index (κ2) is 5.75. The zero-order valence-electron chi connectivity index (χ0n) is 9.46. The SMILES string of the molecule is CCNC(=O)c1cc(OC)c(Br)c(OC)c1. The second-order valence-corrected chi connectivity index (χ2v) is 3.85. The zero-order chi connectivity index (χ0) is 12.1. The molecule has 16 heavy (non-hydrogen) atoms. The number of nitrogens with one attached hydrogen (secondary N) is 1. The van der Waals surface area contributed by atoms with Gasteiger partial charge in [0.25, 0.3) is 5.91 Å². The van der Waals surface area contributed by atoms with Crippen LogP contribution >= 0.6 is 15.9 Å². The predicted octanol–water partition coefficient (Wildman–Crippen LogP) is 2.22. The highest BCUT2D eigenvalue weighted by molar-refractivity contribution is 9.10. The van der Waals surface area contributed by atoms with Crippen LogP contribution < -0.4 is 14.8 Å². The molecule has 0 aliphatic rings. The van der Waals surface area contributed by atoms with Gasteiger partial charge in [0.05, 0.1) is 14.2 Å². The monoisotopic (exact) mass is 287 g/mol. The molecule has 0 saturated heterocycles. The predicted molar refractivity (Wildman–Crippen MR) is 65.3 cm³/mol. The van der Waals surface area contributed by atoms with E-state index in [1.54, 1.807) is 26.4 Å². The molecular formula is C11H14BrNO3. The van der Waals surface area contributed by atoms with E-state index >= 15 is 0 Å². The van der Waals surface area contributed by atoms with Crippen LogP contribution in [0, 0.1) is 0 Å². The first-order chi connectivity index (χ1) is 7.63. The van der Waals surface area contributed by atoms with E-state index in [-0.39, 0.29) is 5.91 Å². The Morgan fingerprint density at radius 2 is 1.81 bits per heavy atom. The van der Waals surface area contributed by atoms with E-state index in [2.05, 4.69) is 21.2 Å². The summed E-state index contributed by atoms with van der Waals surface area (Å²) in [6.07, 6.45) is 0. The molecule has 4 nitrogen and oxygen atoms in total. The Hall–Kier alpha value is -1.23. The molecular weight excluding hydrogens is 274 g/mol. The normalized spacial score (nSPS) is 9.75. The minimum Gasteiger partial charge on any atom is -0.495 e. The molecule has 0 saturated carbocycles. The lowest BCUT2D eigenvalue weighted by Crippen LogP contribution is -2.22. The molecule has 0 heterocycles. The van der Waals surface area contributed by atoms with E-state index in [1.165, 1.54) is 0 Å². The first-order valence-electron chi connectivity index (χ1n) is 4.83. The number of methoxy groups -OCH3 is 2. The summed E-state index contributed by atoms with van der Waals surface area (Å²) in [6, 6.07) is 3.33. The third-order valence-electron chi connectivity index (χ3n) is 2.05. The van der Waals surface area contributed by atoms with Gasteiger partial charge in [-0.3, -0.25) is 4.79 Å². The average molecular weight is 288 g/mol. The lowest BCUT2D eigenvalue weighted by atomic mass is 10.2. The van der Waals surface area contributed by atoms with Crippen LogP contribution in [0.5, 0.6) is 11.5 Å². The van der Waals surface area contributed by atoms with E-state index in [9.17, 15) is 4.79 Å². The molecule has 0 radical (unpaired) electrons. The highest BCUT2D eigenvalue weighted by Crippen LogP contribution is 2.35. The van der Waals surface area contributed by atoms with Crippen LogP contribution in [0.1, 0.15) is 17.3 Å². The van der Waals surface area contributed by atoms with Gasteiger partial charge in [0, 0.05) is 12.1 Å². The fraction of sp³-hybridized carbons (Fsp3) is 0.364. The minimum atomic E-state index is -0.147. The quantitative estimate of drug-likeness (QED) is 0.924. The highest BCUT2D eigenvalue weighted by atomic mass is 79.9. The Labute approximate surface area is 103 Å². The van der Waals surface area contributed by atoms with Crippen LogP contribution in [-0.2, 0) is 0 Å². The van der Waals surface area contributed by atoms with E-state index in [1.807, 2.05) is 6.92 Å². The summed E-state index contributed by atoms with van der Waals surface area (Å²) in [7, 11) is 3.09. The molecule has 0 aliphatic heterocycles. The van der Waals surface area contributed by atoms with Crippen LogP contribution in [0.3, 0.4) is 0 Å². The molecule has 0 unspecified atom stereocenters. The van der Waals surface area contributed by atoms with E-state index in [0.717, 1.165) is 0 Å². The Morgan fingerprint density at radius 3 is 2.19 bits per heavy atom. The van der Waals surface area contributed by atoms with Gasteiger partial charge in [0.1, 0.15) is 16.0 Å². The first kappa shape index (κ1) is 12.8. The maximum absolute atomic E-state index is 11.7. The molecule has 0 aliphatic carbocycles. The molecule has 0 fully saturated rings. The number of ether oxygens (including phenoxy) is 2. The molecule has 5 heteroatoms. The summed E-state index contributed by atoms with van der Waals surface area (Å²) in [5.74, 6) is 0.993. The fourth-order valence-corrected chi connectivity index (χ4v) is 1.82. The number of carbonyl (C=O) groups excluding carboxylic acids is 1. The van der Waals surface area contributed by atoms with Gasteiger partial charge in [0.15, 0.2) is 0 Å². The molecule has 1 rings (SSSR count). The Balaban J connectivity index is 3.16. The molecule has 88 valence electrons. The van der Waals surface area contributed by atoms with Crippen LogP contribution in [0.4, 0.5) is 0 Å². The van der Waals surface area contributed by atoms with Crippen LogP contribution in [0.2, 0.25) is 0 Å². The number of hydrogen-bond donors (Lipinski definition) is 1. The zero-order valence-corrected chi connectivity index (χ0v) is 11.1. The molecule has 0 aromatic heterocycles. The van der Waals surface area contributed by atoms with Gasteiger partial charge in [-0.25, -0.2) is 0 Å². The number of halogens is 1. The van der Waals surface area contributed by atoms with Crippen molar-refractivity contribution in [1.29, 1.82) is 0 Å². The molecule has 0 atom stereocenters. The Bertz CT molecular complexity index is 368. The van der Waals surface area contributed by atoms with E-state index < -0.39 is 0 Å². The summed E-state index contributed by atoms with van der Waals surface area (Å²) in [6.45, 7) is 2.45. The summed E-state index contributed by atoms with van der Waals surface area (Å²) in [4.78, 5) is 11.7. The number of benzene rings is 1. The van der Waals surface area contributed by atoms with Gasteiger partial charge < -0.3 is 14.8 Å². The summed E-state index contributed by atoms with van der Waals surface area (Å²) in [5.41, 5.74) is 0.513.